The molecule has 27 heavy (non-hydrogen) atoms. The van der Waals surface area contributed by atoms with Gasteiger partial charge in [-0.25, -0.2) is 0 Å². The van der Waals surface area contributed by atoms with Gasteiger partial charge >= 0.3 is 0 Å². The lowest BCUT2D eigenvalue weighted by atomic mass is 9.93. The summed E-state index contributed by atoms with van der Waals surface area (Å²) in [4.78, 5) is 0. The van der Waals surface area contributed by atoms with Crippen LogP contribution in [0.1, 0.15) is 76.7 Å². The quantitative estimate of drug-likeness (QED) is 0.212. The highest BCUT2D eigenvalue weighted by atomic mass is 79.9. The van der Waals surface area contributed by atoms with E-state index in [0.29, 0.717) is 0 Å². The van der Waals surface area contributed by atoms with E-state index >= 15 is 0 Å². The Labute approximate surface area is 173 Å². The minimum atomic E-state index is 1.19. The highest BCUT2D eigenvalue weighted by Gasteiger charge is 2.11. The number of benzene rings is 3. The number of rotatable bonds is 11. The summed E-state index contributed by atoms with van der Waals surface area (Å²) in [5.74, 6) is 0. The SMILES string of the molecule is CCCCCCCCCCCCc1c2ccccc2c(Br)c2ccccc12. The van der Waals surface area contributed by atoms with Crippen LogP contribution >= 0.6 is 15.9 Å². The smallest absolute Gasteiger partial charge is 0.0332 e. The van der Waals surface area contributed by atoms with E-state index in [1.54, 1.807) is 0 Å². The molecule has 0 aliphatic heterocycles. The zero-order valence-electron chi connectivity index (χ0n) is 16.8. The fraction of sp³-hybridized carbons (Fsp3) is 0.462. The van der Waals surface area contributed by atoms with Crippen molar-refractivity contribution in [3.63, 3.8) is 0 Å². The summed E-state index contributed by atoms with van der Waals surface area (Å²) in [6.45, 7) is 2.29. The molecule has 0 N–H and O–H groups in total. The number of halogens is 1. The molecular formula is C26H33Br. The van der Waals surface area contributed by atoms with Gasteiger partial charge in [-0.05, 0) is 55.9 Å². The van der Waals surface area contributed by atoms with Crippen molar-refractivity contribution in [1.82, 2.24) is 0 Å². The lowest BCUT2D eigenvalue weighted by Crippen LogP contribution is -1.92. The molecule has 0 saturated heterocycles. The molecular weight excluding hydrogens is 392 g/mol. The van der Waals surface area contributed by atoms with Crippen molar-refractivity contribution >= 4 is 37.5 Å². The van der Waals surface area contributed by atoms with Gasteiger partial charge in [0.15, 0.2) is 0 Å². The molecule has 0 bridgehead atoms. The first kappa shape index (κ1) is 20.4. The van der Waals surface area contributed by atoms with Crippen molar-refractivity contribution in [3.8, 4) is 0 Å². The van der Waals surface area contributed by atoms with E-state index in [0.717, 1.165) is 0 Å². The summed E-state index contributed by atoms with van der Waals surface area (Å²) in [5.41, 5.74) is 1.53. The highest BCUT2D eigenvalue weighted by molar-refractivity contribution is 9.10. The standard InChI is InChI=1S/C26H33Br/c1-2-3-4-5-6-7-8-9-10-11-16-21-22-17-12-14-19-24(22)26(27)25-20-15-13-18-23(21)25/h12-15,17-20H,2-11,16H2,1H3. The molecule has 1 heteroatoms. The molecule has 0 aromatic heterocycles. The van der Waals surface area contributed by atoms with E-state index in [1.165, 1.54) is 102 Å². The molecule has 0 nitrogen and oxygen atoms in total. The first-order valence-corrected chi connectivity index (χ1v) is 11.7. The molecule has 3 aromatic rings. The maximum atomic E-state index is 3.85. The fourth-order valence-corrected chi connectivity index (χ4v) is 4.92. The predicted octanol–water partition coefficient (Wildman–Crippen LogP) is 9.22. The van der Waals surface area contributed by atoms with Crippen LogP contribution in [0.4, 0.5) is 0 Å². The fourth-order valence-electron chi connectivity index (χ4n) is 4.22. The van der Waals surface area contributed by atoms with Gasteiger partial charge in [-0.3, -0.25) is 0 Å². The molecule has 0 unspecified atom stereocenters. The third kappa shape index (κ3) is 5.35. The lowest BCUT2D eigenvalue weighted by Gasteiger charge is -2.14. The predicted molar refractivity (Wildman–Crippen MR) is 125 cm³/mol. The van der Waals surface area contributed by atoms with Crippen molar-refractivity contribution in [2.75, 3.05) is 0 Å². The Morgan fingerprint density at radius 1 is 0.556 bits per heavy atom. The molecule has 0 spiro atoms. The van der Waals surface area contributed by atoms with Crippen molar-refractivity contribution in [2.45, 2.75) is 77.6 Å². The molecule has 0 radical (unpaired) electrons. The van der Waals surface area contributed by atoms with Gasteiger partial charge in [0.05, 0.1) is 0 Å². The van der Waals surface area contributed by atoms with E-state index in [2.05, 4.69) is 71.4 Å². The number of aryl methyl sites for hydroxylation is 1. The van der Waals surface area contributed by atoms with Crippen LogP contribution in [-0.2, 0) is 6.42 Å². The van der Waals surface area contributed by atoms with Crippen LogP contribution in [0.25, 0.3) is 21.5 Å². The first-order chi connectivity index (χ1) is 13.3. The zero-order valence-corrected chi connectivity index (χ0v) is 18.4. The summed E-state index contributed by atoms with van der Waals surface area (Å²) in [6.07, 6.45) is 15.1. The van der Waals surface area contributed by atoms with Crippen LogP contribution in [0.2, 0.25) is 0 Å². The van der Waals surface area contributed by atoms with E-state index in [1.807, 2.05) is 0 Å². The average molecular weight is 425 g/mol. The number of hydrogen-bond donors (Lipinski definition) is 0. The highest BCUT2D eigenvalue weighted by Crippen LogP contribution is 2.37. The van der Waals surface area contributed by atoms with E-state index in [9.17, 15) is 0 Å². The van der Waals surface area contributed by atoms with Crippen molar-refractivity contribution in [3.05, 3.63) is 58.6 Å². The Morgan fingerprint density at radius 2 is 0.963 bits per heavy atom. The Bertz CT molecular complexity index is 792. The number of fused-ring (bicyclic) bond motifs is 2. The molecule has 0 amide bonds. The molecule has 3 aromatic carbocycles. The number of unbranched alkanes of at least 4 members (excludes halogenated alkanes) is 9. The largest absolute Gasteiger partial charge is 0.0654 e. The van der Waals surface area contributed by atoms with Gasteiger partial charge < -0.3 is 0 Å². The van der Waals surface area contributed by atoms with Crippen LogP contribution in [0.15, 0.2) is 53.0 Å². The zero-order chi connectivity index (χ0) is 18.9. The van der Waals surface area contributed by atoms with E-state index < -0.39 is 0 Å². The van der Waals surface area contributed by atoms with Crippen molar-refractivity contribution < 1.29 is 0 Å². The van der Waals surface area contributed by atoms with Gasteiger partial charge in [-0.1, -0.05) is 113 Å². The molecule has 144 valence electrons. The van der Waals surface area contributed by atoms with Crippen molar-refractivity contribution in [2.24, 2.45) is 0 Å². The summed E-state index contributed by atoms with van der Waals surface area (Å²) in [7, 11) is 0. The Morgan fingerprint density at radius 3 is 1.44 bits per heavy atom. The third-order valence-corrected chi connectivity index (χ3v) is 6.61. The summed E-state index contributed by atoms with van der Waals surface area (Å²) in [5, 5.41) is 5.52. The molecule has 3 rings (SSSR count). The molecule has 0 aliphatic carbocycles. The monoisotopic (exact) mass is 424 g/mol. The minimum Gasteiger partial charge on any atom is -0.0654 e. The Kier molecular flexibility index (Phi) is 8.20. The number of hydrogen-bond acceptors (Lipinski definition) is 0. The van der Waals surface area contributed by atoms with Gasteiger partial charge in [0.2, 0.25) is 0 Å². The second-order valence-corrected chi connectivity index (χ2v) is 8.61. The Balaban J connectivity index is 1.58. The molecule has 0 atom stereocenters. The van der Waals surface area contributed by atoms with Crippen LogP contribution < -0.4 is 0 Å². The normalized spacial score (nSPS) is 11.5. The Hall–Kier alpha value is -1.34. The third-order valence-electron chi connectivity index (χ3n) is 5.76. The first-order valence-electron chi connectivity index (χ1n) is 10.9. The van der Waals surface area contributed by atoms with Crippen LogP contribution in [-0.4, -0.2) is 0 Å². The molecule has 0 saturated carbocycles. The van der Waals surface area contributed by atoms with Crippen LogP contribution in [0.5, 0.6) is 0 Å². The topological polar surface area (TPSA) is 0 Å². The van der Waals surface area contributed by atoms with Gasteiger partial charge in [0.25, 0.3) is 0 Å². The van der Waals surface area contributed by atoms with E-state index in [-0.39, 0.29) is 0 Å². The summed E-state index contributed by atoms with van der Waals surface area (Å²) < 4.78 is 1.24. The lowest BCUT2D eigenvalue weighted by molar-refractivity contribution is 0.557. The van der Waals surface area contributed by atoms with Crippen molar-refractivity contribution in [1.29, 1.82) is 0 Å². The summed E-state index contributed by atoms with van der Waals surface area (Å²) in [6, 6.07) is 17.7. The molecule has 0 heterocycles. The average Bonchev–Trinajstić information content (AvgIpc) is 2.71. The minimum absolute atomic E-state index is 1.19. The van der Waals surface area contributed by atoms with Gasteiger partial charge in [0.1, 0.15) is 0 Å². The molecule has 0 fully saturated rings. The van der Waals surface area contributed by atoms with Crippen LogP contribution in [0.3, 0.4) is 0 Å². The maximum Gasteiger partial charge on any atom is 0.0332 e. The van der Waals surface area contributed by atoms with E-state index in [4.69, 9.17) is 0 Å². The maximum absolute atomic E-state index is 3.85. The van der Waals surface area contributed by atoms with Crippen LogP contribution in [0, 0.1) is 0 Å². The van der Waals surface area contributed by atoms with Gasteiger partial charge in [-0.15, -0.1) is 0 Å². The summed E-state index contributed by atoms with van der Waals surface area (Å²) >= 11 is 3.85. The second kappa shape index (κ2) is 10.9. The second-order valence-electron chi connectivity index (χ2n) is 7.82. The molecule has 0 aliphatic rings. The van der Waals surface area contributed by atoms with Gasteiger partial charge in [-0.2, -0.15) is 0 Å². The van der Waals surface area contributed by atoms with Gasteiger partial charge in [0, 0.05) is 4.47 Å².